The Morgan fingerprint density at radius 1 is 1.00 bits per heavy atom. The van der Waals surface area contributed by atoms with Gasteiger partial charge < -0.3 is 0 Å². The molecule has 104 valence electrons. The molecule has 2 heterocycles. The molecular weight excluding hydrogens is 254 g/mol. The number of benzene rings is 2. The van der Waals surface area contributed by atoms with Gasteiger partial charge in [0.15, 0.2) is 0 Å². The first-order valence-electron chi connectivity index (χ1n) is 7.64. The molecule has 2 unspecified atom stereocenters. The molecule has 2 bridgehead atoms. The third kappa shape index (κ3) is 1.80. The van der Waals surface area contributed by atoms with E-state index in [1.807, 2.05) is 0 Å². The summed E-state index contributed by atoms with van der Waals surface area (Å²) in [6, 6.07) is 17.3. The van der Waals surface area contributed by atoms with E-state index in [9.17, 15) is 0 Å². The Kier molecular flexibility index (Phi) is 2.65. The standard InChI is InChI=1S/C20H19N/c1-14-16-10-5-6-12-18(16)19-17-11-4-3-8-15(17)9-7-13-20(14,2)21-19/h3-12,14H,13H2,1-2H3/b9-7-. The van der Waals surface area contributed by atoms with Crippen LogP contribution in [-0.4, -0.2) is 11.3 Å². The minimum Gasteiger partial charge on any atom is -0.277 e. The van der Waals surface area contributed by atoms with Gasteiger partial charge >= 0.3 is 0 Å². The molecule has 2 aromatic carbocycles. The molecule has 0 aliphatic carbocycles. The van der Waals surface area contributed by atoms with Gasteiger partial charge in [-0.1, -0.05) is 67.6 Å². The second-order valence-corrected chi connectivity index (χ2v) is 6.32. The number of nitrogens with zero attached hydrogens (tertiary/aromatic N) is 1. The van der Waals surface area contributed by atoms with Crippen molar-refractivity contribution in [2.45, 2.75) is 31.7 Å². The van der Waals surface area contributed by atoms with E-state index in [1.54, 1.807) is 0 Å². The Bertz CT molecular complexity index is 769. The van der Waals surface area contributed by atoms with Crippen LogP contribution in [0.5, 0.6) is 0 Å². The van der Waals surface area contributed by atoms with Gasteiger partial charge in [0.2, 0.25) is 0 Å². The van der Waals surface area contributed by atoms with Crippen LogP contribution in [0.25, 0.3) is 6.08 Å². The maximum atomic E-state index is 5.20. The largest absolute Gasteiger partial charge is 0.277 e. The van der Waals surface area contributed by atoms with Crippen molar-refractivity contribution in [3.8, 4) is 0 Å². The lowest BCUT2D eigenvalue weighted by Crippen LogP contribution is -2.36. The van der Waals surface area contributed by atoms with Crippen LogP contribution in [0, 0.1) is 0 Å². The fourth-order valence-electron chi connectivity index (χ4n) is 3.55. The molecule has 0 saturated carbocycles. The van der Waals surface area contributed by atoms with Crippen LogP contribution in [0.4, 0.5) is 0 Å². The van der Waals surface area contributed by atoms with Gasteiger partial charge in [0.1, 0.15) is 0 Å². The van der Waals surface area contributed by atoms with Gasteiger partial charge in [-0.15, -0.1) is 0 Å². The quantitative estimate of drug-likeness (QED) is 0.652. The maximum absolute atomic E-state index is 5.20. The molecule has 0 radical (unpaired) electrons. The zero-order chi connectivity index (χ0) is 14.4. The summed E-state index contributed by atoms with van der Waals surface area (Å²) in [5.74, 6) is 0.437. The summed E-state index contributed by atoms with van der Waals surface area (Å²) in [5, 5.41) is 0. The highest BCUT2D eigenvalue weighted by Gasteiger charge is 2.37. The minimum absolute atomic E-state index is 0.0479. The number of hydrogen-bond donors (Lipinski definition) is 0. The molecule has 2 atom stereocenters. The topological polar surface area (TPSA) is 12.4 Å². The van der Waals surface area contributed by atoms with Crippen LogP contribution < -0.4 is 0 Å². The second kappa shape index (κ2) is 4.42. The molecule has 0 saturated heterocycles. The lowest BCUT2D eigenvalue weighted by molar-refractivity contribution is 0.397. The molecule has 0 aromatic heterocycles. The number of rotatable bonds is 0. The summed E-state index contributed by atoms with van der Waals surface area (Å²) in [5.41, 5.74) is 6.35. The van der Waals surface area contributed by atoms with Crippen molar-refractivity contribution in [2.75, 3.05) is 0 Å². The summed E-state index contributed by atoms with van der Waals surface area (Å²) < 4.78 is 0. The number of hydrogen-bond acceptors (Lipinski definition) is 1. The third-order valence-corrected chi connectivity index (χ3v) is 5.03. The molecule has 1 heteroatoms. The smallest absolute Gasteiger partial charge is 0.0734 e. The predicted molar refractivity (Wildman–Crippen MR) is 89.0 cm³/mol. The third-order valence-electron chi connectivity index (χ3n) is 5.03. The van der Waals surface area contributed by atoms with Crippen LogP contribution in [0.2, 0.25) is 0 Å². The maximum Gasteiger partial charge on any atom is 0.0734 e. The second-order valence-electron chi connectivity index (χ2n) is 6.32. The Hall–Kier alpha value is -2.15. The van der Waals surface area contributed by atoms with E-state index in [0.717, 1.165) is 12.1 Å². The lowest BCUT2D eigenvalue weighted by atomic mass is 9.73. The van der Waals surface area contributed by atoms with Crippen LogP contribution >= 0.6 is 0 Å². The average Bonchev–Trinajstić information content (AvgIpc) is 2.50. The van der Waals surface area contributed by atoms with Crippen molar-refractivity contribution in [1.82, 2.24) is 0 Å². The molecule has 21 heavy (non-hydrogen) atoms. The Labute approximate surface area is 126 Å². The van der Waals surface area contributed by atoms with Crippen molar-refractivity contribution in [2.24, 2.45) is 4.99 Å². The normalized spacial score (nSPS) is 27.7. The lowest BCUT2D eigenvalue weighted by Gasteiger charge is -2.39. The molecular formula is C20H19N. The Morgan fingerprint density at radius 3 is 2.57 bits per heavy atom. The fourth-order valence-corrected chi connectivity index (χ4v) is 3.55. The van der Waals surface area contributed by atoms with Crippen LogP contribution in [0.15, 0.2) is 59.6 Å². The van der Waals surface area contributed by atoms with Crippen molar-refractivity contribution >= 4 is 11.8 Å². The van der Waals surface area contributed by atoms with Gasteiger partial charge in [0, 0.05) is 17.0 Å². The summed E-state index contributed by atoms with van der Waals surface area (Å²) in [4.78, 5) is 5.20. The molecule has 2 aliphatic heterocycles. The van der Waals surface area contributed by atoms with Gasteiger partial charge in [-0.3, -0.25) is 4.99 Å². The van der Waals surface area contributed by atoms with Crippen LogP contribution in [0.3, 0.4) is 0 Å². The van der Waals surface area contributed by atoms with Gasteiger partial charge in [-0.25, -0.2) is 0 Å². The minimum atomic E-state index is -0.0479. The summed E-state index contributed by atoms with van der Waals surface area (Å²) in [6.45, 7) is 4.59. The molecule has 1 nitrogen and oxygen atoms in total. The van der Waals surface area contributed by atoms with E-state index in [1.165, 1.54) is 22.3 Å². The molecule has 0 N–H and O–H groups in total. The van der Waals surface area contributed by atoms with Crippen LogP contribution in [-0.2, 0) is 0 Å². The molecule has 4 rings (SSSR count). The molecule has 0 fully saturated rings. The van der Waals surface area contributed by atoms with Gasteiger partial charge in [-0.2, -0.15) is 0 Å². The van der Waals surface area contributed by atoms with Gasteiger partial charge in [0.25, 0.3) is 0 Å². The first-order chi connectivity index (χ1) is 10.2. The van der Waals surface area contributed by atoms with Crippen molar-refractivity contribution < 1.29 is 0 Å². The van der Waals surface area contributed by atoms with Gasteiger partial charge in [-0.05, 0) is 24.5 Å². The molecule has 0 amide bonds. The van der Waals surface area contributed by atoms with E-state index in [2.05, 4.69) is 74.5 Å². The average molecular weight is 273 g/mol. The molecule has 0 spiro atoms. The zero-order valence-corrected chi connectivity index (χ0v) is 12.5. The Balaban J connectivity index is 2.06. The number of fused-ring (bicyclic) bond motifs is 5. The van der Waals surface area contributed by atoms with E-state index in [4.69, 9.17) is 4.99 Å². The highest BCUT2D eigenvalue weighted by molar-refractivity contribution is 6.16. The summed E-state index contributed by atoms with van der Waals surface area (Å²) in [7, 11) is 0. The van der Waals surface area contributed by atoms with E-state index in [0.29, 0.717) is 5.92 Å². The molecule has 2 aliphatic rings. The number of aliphatic imine (C=N–C) groups is 1. The van der Waals surface area contributed by atoms with E-state index < -0.39 is 0 Å². The summed E-state index contributed by atoms with van der Waals surface area (Å²) >= 11 is 0. The monoisotopic (exact) mass is 273 g/mol. The van der Waals surface area contributed by atoms with Crippen molar-refractivity contribution in [3.63, 3.8) is 0 Å². The highest BCUT2D eigenvalue weighted by atomic mass is 14.9. The highest BCUT2D eigenvalue weighted by Crippen LogP contribution is 2.42. The first kappa shape index (κ1) is 12.6. The van der Waals surface area contributed by atoms with Gasteiger partial charge in [0.05, 0.1) is 11.3 Å². The first-order valence-corrected chi connectivity index (χ1v) is 7.64. The SMILES string of the molecule is CC1c2ccccc2C2=NC1(C)C/C=C\c1ccccc12. The summed E-state index contributed by atoms with van der Waals surface area (Å²) in [6.07, 6.45) is 5.52. The van der Waals surface area contributed by atoms with Crippen molar-refractivity contribution in [1.29, 1.82) is 0 Å². The predicted octanol–water partition coefficient (Wildman–Crippen LogP) is 4.82. The Morgan fingerprint density at radius 2 is 1.71 bits per heavy atom. The van der Waals surface area contributed by atoms with E-state index >= 15 is 0 Å². The van der Waals surface area contributed by atoms with Crippen molar-refractivity contribution in [3.05, 3.63) is 76.9 Å². The van der Waals surface area contributed by atoms with Crippen LogP contribution in [0.1, 0.15) is 48.4 Å². The fraction of sp³-hybridized carbons (Fsp3) is 0.250. The molecule has 2 aromatic rings. The van der Waals surface area contributed by atoms with E-state index in [-0.39, 0.29) is 5.54 Å². The zero-order valence-electron chi connectivity index (χ0n) is 12.5.